The van der Waals surface area contributed by atoms with E-state index in [-0.39, 0.29) is 17.4 Å². The van der Waals surface area contributed by atoms with Crippen molar-refractivity contribution in [1.29, 1.82) is 0 Å². The third kappa shape index (κ3) is 6.15. The Kier molecular flexibility index (Phi) is 8.99. The molecule has 236 valence electrons. The summed E-state index contributed by atoms with van der Waals surface area (Å²) in [6.07, 6.45) is 0. The van der Waals surface area contributed by atoms with Gasteiger partial charge in [-0.15, -0.1) is 5.92 Å². The minimum Gasteiger partial charge on any atom is -0.495 e. The molecule has 13 nitrogen and oxygen atoms in total. The van der Waals surface area contributed by atoms with E-state index in [2.05, 4.69) is 23.8 Å². The molecule has 3 heterocycles. The topological polar surface area (TPSA) is 131 Å². The van der Waals surface area contributed by atoms with Crippen LogP contribution in [0.3, 0.4) is 0 Å². The van der Waals surface area contributed by atoms with E-state index < -0.39 is 4.92 Å². The van der Waals surface area contributed by atoms with Crippen LogP contribution in [0.15, 0.2) is 40.8 Å². The Morgan fingerprint density at radius 2 is 1.69 bits per heavy atom. The first kappa shape index (κ1) is 31.4. The van der Waals surface area contributed by atoms with Crippen molar-refractivity contribution in [1.82, 2.24) is 14.7 Å². The van der Waals surface area contributed by atoms with Crippen molar-refractivity contribution in [3.05, 3.63) is 69.1 Å². The van der Waals surface area contributed by atoms with Gasteiger partial charge in [0.2, 0.25) is 11.5 Å². The average Bonchev–Trinajstić information content (AvgIpc) is 3.66. The van der Waals surface area contributed by atoms with Crippen LogP contribution in [0.4, 0.5) is 5.88 Å². The van der Waals surface area contributed by atoms with Gasteiger partial charge in [-0.3, -0.25) is 19.8 Å². The molecule has 0 spiro atoms. The summed E-state index contributed by atoms with van der Waals surface area (Å²) >= 11 is 0. The molecule has 1 aliphatic heterocycles. The summed E-state index contributed by atoms with van der Waals surface area (Å²) in [5.41, 5.74) is 1.94. The standard InChI is InChI=1S/C32H36N5O8/c1-7-8-23-25(41-3)11-10-24-29(31(38)21-17-26(42-4)32(44-6)27(18-21)43-5)33-35(30(23)24)20-34-13-15-37(2,16-14-34)19-22-9-12-28(45-22)36(39)40/h9-12,17-18H,13-16,19-20H2,1-6H3/q+1. The molecule has 0 saturated carbocycles. The van der Waals surface area contributed by atoms with E-state index >= 15 is 0 Å². The number of quaternary nitrogens is 1. The maximum atomic E-state index is 14.1. The molecule has 45 heavy (non-hydrogen) atoms. The van der Waals surface area contributed by atoms with E-state index in [9.17, 15) is 14.9 Å². The van der Waals surface area contributed by atoms with Gasteiger partial charge in [-0.1, -0.05) is 5.92 Å². The van der Waals surface area contributed by atoms with Gasteiger partial charge in [0.15, 0.2) is 17.3 Å². The van der Waals surface area contributed by atoms with Crippen LogP contribution >= 0.6 is 0 Å². The lowest BCUT2D eigenvalue weighted by Crippen LogP contribution is -2.56. The number of carbonyl (C=O) groups is 1. The van der Waals surface area contributed by atoms with Crippen molar-refractivity contribution in [2.24, 2.45) is 0 Å². The van der Waals surface area contributed by atoms with Gasteiger partial charge in [0.25, 0.3) is 0 Å². The molecule has 0 atom stereocenters. The maximum Gasteiger partial charge on any atom is 0.433 e. The van der Waals surface area contributed by atoms with Crippen LogP contribution in [0.25, 0.3) is 10.9 Å². The number of furan rings is 1. The molecule has 1 aliphatic rings. The van der Waals surface area contributed by atoms with E-state index in [0.29, 0.717) is 68.5 Å². The van der Waals surface area contributed by atoms with Crippen LogP contribution in [0.2, 0.25) is 0 Å². The van der Waals surface area contributed by atoms with E-state index in [4.69, 9.17) is 28.5 Å². The molecule has 0 N–H and O–H groups in total. The van der Waals surface area contributed by atoms with Crippen molar-refractivity contribution in [3.63, 3.8) is 0 Å². The van der Waals surface area contributed by atoms with E-state index in [0.717, 1.165) is 26.2 Å². The zero-order valence-electron chi connectivity index (χ0n) is 26.2. The van der Waals surface area contributed by atoms with E-state index in [1.165, 1.54) is 27.4 Å². The number of piperazine rings is 1. The van der Waals surface area contributed by atoms with Crippen molar-refractivity contribution in [2.45, 2.75) is 20.1 Å². The summed E-state index contributed by atoms with van der Waals surface area (Å²) in [6, 6.07) is 9.91. The monoisotopic (exact) mass is 618 g/mol. The lowest BCUT2D eigenvalue weighted by atomic mass is 10.0. The van der Waals surface area contributed by atoms with Gasteiger partial charge in [0.1, 0.15) is 22.9 Å². The highest BCUT2D eigenvalue weighted by Crippen LogP contribution is 2.39. The number of ketones is 1. The summed E-state index contributed by atoms with van der Waals surface area (Å²) < 4.78 is 30.0. The number of benzene rings is 2. The van der Waals surface area contributed by atoms with Crippen molar-refractivity contribution in [3.8, 4) is 34.8 Å². The molecule has 2 aromatic carbocycles. The number of likely N-dealkylation sites (N-methyl/N-ethyl adjacent to an activating group) is 1. The molecule has 4 aromatic rings. The second-order valence-corrected chi connectivity index (χ2v) is 11.0. The molecule has 5 rings (SSSR count). The summed E-state index contributed by atoms with van der Waals surface area (Å²) in [4.78, 5) is 26.8. The molecule has 1 saturated heterocycles. The minimum absolute atomic E-state index is 0.251. The van der Waals surface area contributed by atoms with E-state index in [1.54, 1.807) is 38.3 Å². The Morgan fingerprint density at radius 1 is 1.02 bits per heavy atom. The highest BCUT2D eigenvalue weighted by Gasteiger charge is 2.32. The first-order valence-electron chi connectivity index (χ1n) is 14.3. The van der Waals surface area contributed by atoms with Gasteiger partial charge in [0.05, 0.1) is 72.4 Å². The second kappa shape index (κ2) is 12.9. The Hall–Kier alpha value is -5.06. The maximum absolute atomic E-state index is 14.1. The number of nitro groups is 1. The summed E-state index contributed by atoms with van der Waals surface area (Å²) in [7, 11) is 8.20. The van der Waals surface area contributed by atoms with Gasteiger partial charge >= 0.3 is 5.88 Å². The fourth-order valence-corrected chi connectivity index (χ4v) is 5.70. The molecule has 0 unspecified atom stereocenters. The largest absolute Gasteiger partial charge is 0.495 e. The highest BCUT2D eigenvalue weighted by atomic mass is 16.6. The zero-order valence-corrected chi connectivity index (χ0v) is 26.2. The summed E-state index contributed by atoms with van der Waals surface area (Å²) in [6.45, 7) is 5.75. The number of fused-ring (bicyclic) bond motifs is 1. The van der Waals surface area contributed by atoms with Crippen LogP contribution < -0.4 is 18.9 Å². The first-order valence-corrected chi connectivity index (χ1v) is 14.3. The fourth-order valence-electron chi connectivity index (χ4n) is 5.70. The normalized spacial score (nSPS) is 14.4. The van der Waals surface area contributed by atoms with Crippen LogP contribution in [0.5, 0.6) is 23.0 Å². The number of ether oxygens (including phenoxy) is 4. The Labute approximate surface area is 260 Å². The molecule has 1 fully saturated rings. The van der Waals surface area contributed by atoms with Crippen molar-refractivity contribution >= 4 is 22.6 Å². The predicted octanol–water partition coefficient (Wildman–Crippen LogP) is 4.09. The number of carbonyl (C=O) groups excluding carboxylic acids is 1. The number of nitrogens with zero attached hydrogens (tertiary/aromatic N) is 5. The first-order chi connectivity index (χ1) is 21.6. The van der Waals surface area contributed by atoms with Gasteiger partial charge in [-0.05, 0) is 37.3 Å². The predicted molar refractivity (Wildman–Crippen MR) is 165 cm³/mol. The van der Waals surface area contributed by atoms with Crippen LogP contribution in [-0.2, 0) is 13.2 Å². The Balaban J connectivity index is 1.48. The Bertz CT molecular complexity index is 1780. The van der Waals surface area contributed by atoms with Crippen molar-refractivity contribution < 1.29 is 37.6 Å². The Morgan fingerprint density at radius 3 is 2.24 bits per heavy atom. The van der Waals surface area contributed by atoms with Crippen LogP contribution in [0.1, 0.15) is 34.3 Å². The molecule has 13 heteroatoms. The van der Waals surface area contributed by atoms with Crippen LogP contribution in [-0.4, -0.2) is 91.5 Å². The number of methoxy groups -OCH3 is 4. The van der Waals surface area contributed by atoms with Crippen molar-refractivity contribution in [2.75, 3.05) is 61.7 Å². The van der Waals surface area contributed by atoms with Gasteiger partial charge < -0.3 is 27.8 Å². The highest BCUT2D eigenvalue weighted by molar-refractivity contribution is 6.16. The second-order valence-electron chi connectivity index (χ2n) is 11.0. The summed E-state index contributed by atoms with van der Waals surface area (Å²) in [5.74, 6) is 7.84. The van der Waals surface area contributed by atoms with Gasteiger partial charge in [-0.2, -0.15) is 5.10 Å². The van der Waals surface area contributed by atoms with E-state index in [1.807, 2.05) is 10.7 Å². The van der Waals surface area contributed by atoms with Gasteiger partial charge in [-0.25, -0.2) is 4.68 Å². The molecule has 0 aliphatic carbocycles. The smallest absolute Gasteiger partial charge is 0.433 e. The lowest BCUT2D eigenvalue weighted by molar-refractivity contribution is -0.927. The minimum atomic E-state index is -0.525. The molecule has 0 amide bonds. The lowest BCUT2D eigenvalue weighted by Gasteiger charge is -2.41. The third-order valence-electron chi connectivity index (χ3n) is 8.10. The van der Waals surface area contributed by atoms with Gasteiger partial charge in [0, 0.05) is 24.0 Å². The number of hydrogen-bond acceptors (Lipinski definition) is 10. The average molecular weight is 619 g/mol. The molecule has 0 radical (unpaired) electrons. The SMILES string of the molecule is CC#Cc1c(OC)ccc2c(C(=O)c3cc(OC)c(OC)c(OC)c3)nn(CN3CC[N+](C)(Cc4ccc([N+](=O)[O-])o4)CC3)c12. The quantitative estimate of drug-likeness (QED) is 0.0796. The number of rotatable bonds is 11. The molecule has 0 bridgehead atoms. The number of hydrogen-bond donors (Lipinski definition) is 0. The molecular formula is C32H36N5O8+. The number of aromatic nitrogens is 2. The molecular weight excluding hydrogens is 582 g/mol. The molecule has 2 aromatic heterocycles. The third-order valence-corrected chi connectivity index (χ3v) is 8.10. The zero-order chi connectivity index (χ0) is 32.3. The van der Waals surface area contributed by atoms with Crippen LogP contribution in [0, 0.1) is 22.0 Å². The fraction of sp³-hybridized carbons (Fsp3) is 0.375. The summed E-state index contributed by atoms with van der Waals surface area (Å²) in [5, 5.41) is 16.6.